The molecule has 0 saturated carbocycles. The van der Waals surface area contributed by atoms with Crippen LogP contribution in [0.2, 0.25) is 0 Å². The average Bonchev–Trinajstić information content (AvgIpc) is 2.14. The number of amides is 1. The zero-order chi connectivity index (χ0) is 9.68. The number of carbonyl (C=O) groups excluding carboxylic acids is 1. The number of hydrogen-bond donors (Lipinski definition) is 1. The van der Waals surface area contributed by atoms with Crippen LogP contribution in [0, 0.1) is 0 Å². The van der Waals surface area contributed by atoms with Crippen molar-refractivity contribution in [1.29, 1.82) is 0 Å². The number of nitrogens with one attached hydrogen (secondary N) is 1. The second kappa shape index (κ2) is 5.40. The third kappa shape index (κ3) is 3.91. The number of carbonyl (C=O) groups is 1. The molecule has 0 bridgehead atoms. The first-order valence-corrected chi connectivity index (χ1v) is 5.71. The predicted molar refractivity (Wildman–Crippen MR) is 59.8 cm³/mol. The van der Waals surface area contributed by atoms with Gasteiger partial charge in [0.1, 0.15) is 0 Å². The molecule has 0 aliphatic heterocycles. The Morgan fingerprint density at radius 1 is 1.46 bits per heavy atom. The molecular weight excluding hydrogens is 298 g/mol. The first-order valence-electron chi connectivity index (χ1n) is 3.79. The molecule has 0 radical (unpaired) electrons. The topological polar surface area (TPSA) is 29.1 Å². The molecule has 0 aliphatic rings. The monoisotopic (exact) mass is 305 g/mol. The van der Waals surface area contributed by atoms with E-state index in [4.69, 9.17) is 0 Å². The minimum Gasteiger partial charge on any atom is -0.351 e. The van der Waals surface area contributed by atoms with Crippen LogP contribution in [0.5, 0.6) is 0 Å². The van der Waals surface area contributed by atoms with Gasteiger partial charge < -0.3 is 5.32 Å². The molecule has 0 atom stereocenters. The normalized spacial score (nSPS) is 9.69. The zero-order valence-electron chi connectivity index (χ0n) is 6.89. The molecule has 0 spiro atoms. The van der Waals surface area contributed by atoms with E-state index < -0.39 is 0 Å². The van der Waals surface area contributed by atoms with Crippen molar-refractivity contribution in [3.05, 3.63) is 34.3 Å². The van der Waals surface area contributed by atoms with Crippen molar-refractivity contribution in [3.63, 3.8) is 0 Å². The number of alkyl halides is 1. The Hall–Kier alpha value is -0.350. The van der Waals surface area contributed by atoms with E-state index in [1.807, 2.05) is 24.3 Å². The van der Waals surface area contributed by atoms with Gasteiger partial charge in [-0.05, 0) is 17.7 Å². The van der Waals surface area contributed by atoms with E-state index in [9.17, 15) is 4.79 Å². The molecule has 1 rings (SSSR count). The number of benzene rings is 1. The van der Waals surface area contributed by atoms with E-state index in [0.29, 0.717) is 11.9 Å². The van der Waals surface area contributed by atoms with Gasteiger partial charge in [0.15, 0.2) is 0 Å². The molecule has 0 unspecified atom stereocenters. The van der Waals surface area contributed by atoms with Crippen molar-refractivity contribution in [2.24, 2.45) is 0 Å². The number of rotatable bonds is 3. The second-order valence-electron chi connectivity index (χ2n) is 2.54. The smallest absolute Gasteiger partial charge is 0.230 e. The summed E-state index contributed by atoms with van der Waals surface area (Å²) >= 11 is 6.45. The van der Waals surface area contributed by atoms with Gasteiger partial charge in [-0.1, -0.05) is 44.0 Å². The highest BCUT2D eigenvalue weighted by molar-refractivity contribution is 9.10. The third-order valence-electron chi connectivity index (χ3n) is 1.50. The van der Waals surface area contributed by atoms with Gasteiger partial charge in [-0.2, -0.15) is 0 Å². The largest absolute Gasteiger partial charge is 0.351 e. The van der Waals surface area contributed by atoms with E-state index in [2.05, 4.69) is 37.2 Å². The standard InChI is InChI=1S/C9H9Br2NO/c10-5-9(13)12-6-7-2-1-3-8(11)4-7/h1-4H,5-6H2,(H,12,13). The van der Waals surface area contributed by atoms with E-state index in [1.165, 1.54) is 0 Å². The van der Waals surface area contributed by atoms with Crippen LogP contribution in [0.25, 0.3) is 0 Å². The maximum Gasteiger partial charge on any atom is 0.230 e. The number of hydrogen-bond acceptors (Lipinski definition) is 1. The lowest BCUT2D eigenvalue weighted by Crippen LogP contribution is -2.23. The summed E-state index contributed by atoms with van der Waals surface area (Å²) in [5, 5.41) is 3.12. The Morgan fingerprint density at radius 3 is 2.85 bits per heavy atom. The Balaban J connectivity index is 2.50. The molecule has 1 aromatic rings. The molecule has 70 valence electrons. The van der Waals surface area contributed by atoms with Crippen LogP contribution in [0.1, 0.15) is 5.56 Å². The molecule has 2 nitrogen and oxygen atoms in total. The van der Waals surface area contributed by atoms with E-state index >= 15 is 0 Å². The quantitative estimate of drug-likeness (QED) is 0.854. The lowest BCUT2D eigenvalue weighted by molar-refractivity contribution is -0.118. The van der Waals surface area contributed by atoms with Crippen LogP contribution >= 0.6 is 31.9 Å². The molecule has 1 amide bonds. The van der Waals surface area contributed by atoms with Gasteiger partial charge in [-0.3, -0.25) is 4.79 Å². The van der Waals surface area contributed by atoms with Gasteiger partial charge in [-0.15, -0.1) is 0 Å². The number of halogens is 2. The highest BCUT2D eigenvalue weighted by Gasteiger charge is 1.97. The van der Waals surface area contributed by atoms with Gasteiger partial charge >= 0.3 is 0 Å². The van der Waals surface area contributed by atoms with E-state index in [1.54, 1.807) is 0 Å². The third-order valence-corrected chi connectivity index (χ3v) is 2.50. The maximum absolute atomic E-state index is 10.9. The molecule has 0 aliphatic carbocycles. The summed E-state index contributed by atoms with van der Waals surface area (Å²) in [6.45, 7) is 0.573. The van der Waals surface area contributed by atoms with Crippen LogP contribution in [0.3, 0.4) is 0 Å². The van der Waals surface area contributed by atoms with Crippen LogP contribution in [0.4, 0.5) is 0 Å². The molecular formula is C9H9Br2NO. The second-order valence-corrected chi connectivity index (χ2v) is 4.02. The summed E-state index contributed by atoms with van der Waals surface area (Å²) in [6, 6.07) is 7.85. The molecule has 0 saturated heterocycles. The fourth-order valence-electron chi connectivity index (χ4n) is 0.895. The Labute approximate surface area is 94.0 Å². The highest BCUT2D eigenvalue weighted by atomic mass is 79.9. The molecule has 0 aromatic heterocycles. The Morgan fingerprint density at radius 2 is 2.23 bits per heavy atom. The van der Waals surface area contributed by atoms with Crippen LogP contribution in [0.15, 0.2) is 28.7 Å². The zero-order valence-corrected chi connectivity index (χ0v) is 10.1. The molecule has 13 heavy (non-hydrogen) atoms. The SMILES string of the molecule is O=C(CBr)NCc1cccc(Br)c1. The Bertz CT molecular complexity index is 301. The predicted octanol–water partition coefficient (Wildman–Crippen LogP) is 2.46. The van der Waals surface area contributed by atoms with Gasteiger partial charge in [0.2, 0.25) is 5.91 Å². The lowest BCUT2D eigenvalue weighted by atomic mass is 10.2. The van der Waals surface area contributed by atoms with E-state index in [0.717, 1.165) is 10.0 Å². The van der Waals surface area contributed by atoms with Gasteiger partial charge in [-0.25, -0.2) is 0 Å². The molecule has 4 heteroatoms. The molecule has 0 heterocycles. The lowest BCUT2D eigenvalue weighted by Gasteiger charge is -2.03. The summed E-state index contributed by atoms with van der Waals surface area (Å²) < 4.78 is 1.03. The van der Waals surface area contributed by atoms with Gasteiger partial charge in [0.25, 0.3) is 0 Å². The minimum absolute atomic E-state index is 0.0000227. The van der Waals surface area contributed by atoms with Crippen molar-refractivity contribution in [3.8, 4) is 0 Å². The van der Waals surface area contributed by atoms with Crippen molar-refractivity contribution in [2.75, 3.05) is 5.33 Å². The maximum atomic E-state index is 10.9. The summed E-state index contributed by atoms with van der Waals surface area (Å²) in [5.74, 6) is -0.0000227. The van der Waals surface area contributed by atoms with E-state index in [-0.39, 0.29) is 5.91 Å². The molecule has 0 fully saturated rings. The van der Waals surface area contributed by atoms with Gasteiger partial charge in [0, 0.05) is 11.0 Å². The summed E-state index contributed by atoms with van der Waals surface area (Å²) in [5.41, 5.74) is 1.09. The van der Waals surface area contributed by atoms with Crippen molar-refractivity contribution >= 4 is 37.8 Å². The van der Waals surface area contributed by atoms with Crippen LogP contribution in [-0.2, 0) is 11.3 Å². The first kappa shape index (κ1) is 10.7. The fraction of sp³-hybridized carbons (Fsp3) is 0.222. The van der Waals surface area contributed by atoms with Crippen molar-refractivity contribution < 1.29 is 4.79 Å². The highest BCUT2D eigenvalue weighted by Crippen LogP contribution is 2.11. The minimum atomic E-state index is -0.0000227. The van der Waals surface area contributed by atoms with Crippen molar-refractivity contribution in [2.45, 2.75) is 6.54 Å². The summed E-state index contributed by atoms with van der Waals surface area (Å²) in [7, 11) is 0. The average molecular weight is 307 g/mol. The fourth-order valence-corrected chi connectivity index (χ4v) is 1.54. The molecule has 1 N–H and O–H groups in total. The molecule has 1 aromatic carbocycles. The van der Waals surface area contributed by atoms with Crippen LogP contribution < -0.4 is 5.32 Å². The van der Waals surface area contributed by atoms with Crippen molar-refractivity contribution in [1.82, 2.24) is 5.32 Å². The van der Waals surface area contributed by atoms with Gasteiger partial charge in [0.05, 0.1) is 5.33 Å². The summed E-state index contributed by atoms with van der Waals surface area (Å²) in [6.07, 6.45) is 0. The summed E-state index contributed by atoms with van der Waals surface area (Å²) in [4.78, 5) is 10.9. The first-order chi connectivity index (χ1) is 6.22. The Kier molecular flexibility index (Phi) is 4.45. The van der Waals surface area contributed by atoms with Crippen LogP contribution in [-0.4, -0.2) is 11.2 Å².